The Morgan fingerprint density at radius 1 is 0.971 bits per heavy atom. The van der Waals surface area contributed by atoms with Crippen LogP contribution >= 0.6 is 0 Å². The van der Waals surface area contributed by atoms with E-state index in [1.807, 2.05) is 12.1 Å². The first-order valence-electron chi connectivity index (χ1n) is 12.0. The number of aromatic nitrogens is 3. The van der Waals surface area contributed by atoms with Crippen molar-refractivity contribution in [2.45, 2.75) is 6.42 Å². The van der Waals surface area contributed by atoms with Crippen molar-refractivity contribution < 1.29 is 14.2 Å². The van der Waals surface area contributed by atoms with Gasteiger partial charge in [0.15, 0.2) is 17.3 Å². The van der Waals surface area contributed by atoms with Crippen LogP contribution in [0.2, 0.25) is 0 Å². The summed E-state index contributed by atoms with van der Waals surface area (Å²) >= 11 is 0. The lowest BCUT2D eigenvalue weighted by atomic mass is 10.0. The zero-order valence-electron chi connectivity index (χ0n) is 19.7. The van der Waals surface area contributed by atoms with Gasteiger partial charge in [0.05, 0.1) is 26.0 Å². The molecule has 180 valence electrons. The Hall–Kier alpha value is -3.01. The first kappa shape index (κ1) is 22.8. The molecule has 0 spiro atoms. The largest absolute Gasteiger partial charge is 0.493 e. The number of nitrogens with zero attached hydrogens (tertiary/aromatic N) is 5. The molecule has 0 atom stereocenters. The van der Waals surface area contributed by atoms with Crippen LogP contribution in [0, 0.1) is 0 Å². The highest BCUT2D eigenvalue weighted by Crippen LogP contribution is 2.37. The Labute approximate surface area is 200 Å². The maximum absolute atomic E-state index is 6.24. The van der Waals surface area contributed by atoms with Gasteiger partial charge in [-0.25, -0.2) is 0 Å². The van der Waals surface area contributed by atoms with Crippen molar-refractivity contribution >= 4 is 16.6 Å². The number of pyridine rings is 1. The predicted molar refractivity (Wildman–Crippen MR) is 131 cm³/mol. The van der Waals surface area contributed by atoms with Gasteiger partial charge in [0.1, 0.15) is 6.61 Å². The van der Waals surface area contributed by atoms with Gasteiger partial charge in [0.2, 0.25) is 0 Å². The van der Waals surface area contributed by atoms with Gasteiger partial charge < -0.3 is 24.4 Å². The summed E-state index contributed by atoms with van der Waals surface area (Å²) in [6.45, 7) is 8.56. The third-order valence-electron chi connectivity index (χ3n) is 6.43. The molecular formula is C25H32N6O3. The molecule has 34 heavy (non-hydrogen) atoms. The van der Waals surface area contributed by atoms with Gasteiger partial charge in [-0.2, -0.15) is 5.10 Å². The van der Waals surface area contributed by atoms with Crippen LogP contribution in [0.1, 0.15) is 11.3 Å². The standard InChI is InChI=1S/C25H32N6O3/c1-32-23-17-20-21(18-24(23)34-15-12-30-10-13-33-14-11-30)25(31-8-6-27-7-9-31)29-28-22(20)16-19-2-4-26-5-3-19/h2-5,17-18,27H,6-16H2,1H3. The smallest absolute Gasteiger partial charge is 0.161 e. The highest BCUT2D eigenvalue weighted by atomic mass is 16.5. The molecule has 2 aliphatic rings. The fourth-order valence-corrected chi connectivity index (χ4v) is 4.52. The lowest BCUT2D eigenvalue weighted by Gasteiger charge is -2.29. The van der Waals surface area contributed by atoms with Crippen LogP contribution in [0.5, 0.6) is 11.5 Å². The number of morpholine rings is 1. The molecule has 2 aromatic heterocycles. The summed E-state index contributed by atoms with van der Waals surface area (Å²) in [7, 11) is 1.68. The van der Waals surface area contributed by atoms with Crippen molar-refractivity contribution in [3.05, 3.63) is 47.9 Å². The van der Waals surface area contributed by atoms with E-state index in [-0.39, 0.29) is 0 Å². The number of piperazine rings is 1. The van der Waals surface area contributed by atoms with Crippen LogP contribution in [-0.2, 0) is 11.2 Å². The van der Waals surface area contributed by atoms with E-state index in [0.717, 1.165) is 92.6 Å². The first-order chi connectivity index (χ1) is 16.8. The maximum Gasteiger partial charge on any atom is 0.161 e. The lowest BCUT2D eigenvalue weighted by molar-refractivity contribution is 0.0321. The highest BCUT2D eigenvalue weighted by Gasteiger charge is 2.21. The zero-order valence-corrected chi connectivity index (χ0v) is 19.7. The van der Waals surface area contributed by atoms with Crippen LogP contribution in [0.25, 0.3) is 10.8 Å². The van der Waals surface area contributed by atoms with Gasteiger partial charge in [-0.3, -0.25) is 9.88 Å². The molecule has 2 aliphatic heterocycles. The van der Waals surface area contributed by atoms with Crippen LogP contribution in [-0.4, -0.2) is 92.8 Å². The molecule has 2 fully saturated rings. The van der Waals surface area contributed by atoms with Gasteiger partial charge >= 0.3 is 0 Å². The van der Waals surface area contributed by atoms with Crippen molar-refractivity contribution in [1.82, 2.24) is 25.4 Å². The van der Waals surface area contributed by atoms with Gasteiger partial charge in [-0.15, -0.1) is 5.10 Å². The first-order valence-corrected chi connectivity index (χ1v) is 12.0. The quantitative estimate of drug-likeness (QED) is 0.536. The Balaban J connectivity index is 1.48. The SMILES string of the molecule is COc1cc2c(Cc3ccncc3)nnc(N3CCNCC3)c2cc1OCCN1CCOCC1. The van der Waals surface area contributed by atoms with Crippen molar-refractivity contribution in [2.75, 3.05) is 77.6 Å². The van der Waals surface area contributed by atoms with Crippen molar-refractivity contribution in [1.29, 1.82) is 0 Å². The molecule has 0 amide bonds. The van der Waals surface area contributed by atoms with Gasteiger partial charge in [0.25, 0.3) is 0 Å². The maximum atomic E-state index is 6.24. The minimum absolute atomic E-state index is 0.590. The molecule has 5 rings (SSSR count). The van der Waals surface area contributed by atoms with E-state index < -0.39 is 0 Å². The number of anilines is 1. The summed E-state index contributed by atoms with van der Waals surface area (Å²) in [6.07, 6.45) is 4.29. The van der Waals surface area contributed by atoms with Gasteiger partial charge in [-0.05, 0) is 29.8 Å². The van der Waals surface area contributed by atoms with E-state index >= 15 is 0 Å². The number of benzene rings is 1. The van der Waals surface area contributed by atoms with Crippen molar-refractivity contribution in [3.8, 4) is 11.5 Å². The lowest BCUT2D eigenvalue weighted by Crippen LogP contribution is -2.44. The minimum atomic E-state index is 0.590. The van der Waals surface area contributed by atoms with Crippen LogP contribution in [0.15, 0.2) is 36.7 Å². The summed E-state index contributed by atoms with van der Waals surface area (Å²) in [5.74, 6) is 2.35. The second-order valence-corrected chi connectivity index (χ2v) is 8.59. The normalized spacial score (nSPS) is 17.1. The van der Waals surface area contributed by atoms with E-state index in [0.29, 0.717) is 18.8 Å². The Kier molecular flexibility index (Phi) is 7.33. The molecule has 0 unspecified atom stereocenters. The average Bonchev–Trinajstić information content (AvgIpc) is 2.90. The predicted octanol–water partition coefficient (Wildman–Crippen LogP) is 1.74. The fourth-order valence-electron chi connectivity index (χ4n) is 4.52. The Bertz CT molecular complexity index is 1080. The van der Waals surface area contributed by atoms with Crippen LogP contribution in [0.4, 0.5) is 5.82 Å². The molecule has 0 radical (unpaired) electrons. The summed E-state index contributed by atoms with van der Waals surface area (Å²) in [4.78, 5) is 8.79. The second-order valence-electron chi connectivity index (χ2n) is 8.59. The third kappa shape index (κ3) is 5.22. The zero-order chi connectivity index (χ0) is 23.2. The number of hydrogen-bond acceptors (Lipinski definition) is 9. The van der Waals surface area contributed by atoms with Gasteiger partial charge in [-0.1, -0.05) is 0 Å². The number of methoxy groups -OCH3 is 1. The minimum Gasteiger partial charge on any atom is -0.493 e. The number of hydrogen-bond donors (Lipinski definition) is 1. The molecule has 0 aliphatic carbocycles. The van der Waals surface area contributed by atoms with E-state index in [2.05, 4.69) is 37.3 Å². The van der Waals surface area contributed by atoms with Crippen molar-refractivity contribution in [3.63, 3.8) is 0 Å². The molecular weight excluding hydrogens is 432 g/mol. The summed E-state index contributed by atoms with van der Waals surface area (Å²) < 4.78 is 17.4. The summed E-state index contributed by atoms with van der Waals surface area (Å²) in [5, 5.41) is 14.8. The van der Waals surface area contributed by atoms with E-state index in [1.54, 1.807) is 19.5 Å². The second kappa shape index (κ2) is 10.9. The fraction of sp³-hybridized carbons (Fsp3) is 0.480. The summed E-state index contributed by atoms with van der Waals surface area (Å²) in [6, 6.07) is 8.15. The molecule has 1 aromatic carbocycles. The molecule has 9 nitrogen and oxygen atoms in total. The molecule has 9 heteroatoms. The number of nitrogens with one attached hydrogen (secondary N) is 1. The van der Waals surface area contributed by atoms with Crippen LogP contribution < -0.4 is 19.7 Å². The summed E-state index contributed by atoms with van der Waals surface area (Å²) in [5.41, 5.74) is 2.06. The monoisotopic (exact) mass is 464 g/mol. The molecule has 0 bridgehead atoms. The molecule has 1 N–H and O–H groups in total. The van der Waals surface area contributed by atoms with E-state index in [1.165, 1.54) is 0 Å². The number of ether oxygens (including phenoxy) is 3. The van der Waals surface area contributed by atoms with Gasteiger partial charge in [0, 0.05) is 75.4 Å². The number of rotatable bonds is 8. The van der Waals surface area contributed by atoms with E-state index in [9.17, 15) is 0 Å². The highest BCUT2D eigenvalue weighted by molar-refractivity contribution is 5.96. The molecule has 3 aromatic rings. The average molecular weight is 465 g/mol. The topological polar surface area (TPSA) is 84.9 Å². The van der Waals surface area contributed by atoms with Crippen LogP contribution in [0.3, 0.4) is 0 Å². The Morgan fingerprint density at radius 3 is 2.50 bits per heavy atom. The number of fused-ring (bicyclic) bond motifs is 1. The van der Waals surface area contributed by atoms with Crippen molar-refractivity contribution in [2.24, 2.45) is 0 Å². The molecule has 4 heterocycles. The third-order valence-corrected chi connectivity index (χ3v) is 6.43. The van der Waals surface area contributed by atoms with E-state index in [4.69, 9.17) is 19.3 Å². The molecule has 0 saturated carbocycles. The molecule has 2 saturated heterocycles. The Morgan fingerprint density at radius 2 is 1.74 bits per heavy atom.